The Kier molecular flexibility index (Phi) is 6.93. The predicted octanol–water partition coefficient (Wildman–Crippen LogP) is 6.95. The molecule has 0 atom stereocenters. The molecule has 1 aromatic heterocycles. The van der Waals surface area contributed by atoms with E-state index in [9.17, 15) is 4.79 Å². The van der Waals surface area contributed by atoms with Gasteiger partial charge >= 0.3 is 0 Å². The van der Waals surface area contributed by atoms with E-state index in [0.717, 1.165) is 59.5 Å². The van der Waals surface area contributed by atoms with Crippen LogP contribution in [0, 0.1) is 5.92 Å². The summed E-state index contributed by atoms with van der Waals surface area (Å²) in [5.41, 5.74) is 3.70. The Morgan fingerprint density at radius 1 is 1.03 bits per heavy atom. The minimum absolute atomic E-state index is 0.00908. The third-order valence-electron chi connectivity index (χ3n) is 6.21. The Balaban J connectivity index is 1.30. The zero-order valence-corrected chi connectivity index (χ0v) is 21.4. The summed E-state index contributed by atoms with van der Waals surface area (Å²) < 4.78 is 3.25. The van der Waals surface area contributed by atoms with E-state index in [0.29, 0.717) is 15.7 Å². The molecule has 1 N–H and O–H groups in total. The van der Waals surface area contributed by atoms with Crippen molar-refractivity contribution in [3.8, 4) is 5.69 Å². The molecule has 34 heavy (non-hydrogen) atoms. The Morgan fingerprint density at radius 2 is 1.82 bits per heavy atom. The summed E-state index contributed by atoms with van der Waals surface area (Å²) in [4.78, 5) is 20.1. The molecule has 2 heterocycles. The molecule has 1 fully saturated rings. The standard InChI is InChI=1S/C26H23BrCl2N4O/c27-18-4-3-5-20(14-18)33-24-7-2-1-6-22(24)30-25(33)16-32-12-10-17(11-13-32)26(34)31-23-15-19(28)8-9-21(23)29/h1-9,14-15,17H,10-13,16H2,(H,31,34). The molecule has 4 aromatic rings. The summed E-state index contributed by atoms with van der Waals surface area (Å²) in [6.45, 7) is 2.36. The first-order chi connectivity index (χ1) is 16.5. The van der Waals surface area contributed by atoms with E-state index in [1.165, 1.54) is 0 Å². The third-order valence-corrected chi connectivity index (χ3v) is 7.26. The lowest BCUT2D eigenvalue weighted by Gasteiger charge is -2.31. The van der Waals surface area contributed by atoms with E-state index in [1.807, 2.05) is 30.3 Å². The van der Waals surface area contributed by atoms with Crippen LogP contribution in [0.2, 0.25) is 10.0 Å². The molecule has 1 saturated heterocycles. The molecule has 174 valence electrons. The molecule has 1 aliphatic rings. The number of nitrogens with zero attached hydrogens (tertiary/aromatic N) is 3. The highest BCUT2D eigenvalue weighted by Gasteiger charge is 2.27. The Hall–Kier alpha value is -2.38. The molecule has 1 amide bonds. The highest BCUT2D eigenvalue weighted by molar-refractivity contribution is 9.10. The minimum atomic E-state index is -0.0600. The molecule has 0 unspecified atom stereocenters. The van der Waals surface area contributed by atoms with Gasteiger partial charge in [0, 0.05) is 21.1 Å². The number of fused-ring (bicyclic) bond motifs is 1. The van der Waals surface area contributed by atoms with Crippen molar-refractivity contribution in [2.45, 2.75) is 19.4 Å². The molecule has 0 aliphatic carbocycles. The highest BCUT2D eigenvalue weighted by atomic mass is 79.9. The van der Waals surface area contributed by atoms with Crippen LogP contribution < -0.4 is 5.32 Å². The normalized spacial score (nSPS) is 15.0. The van der Waals surface area contributed by atoms with Gasteiger partial charge in [-0.3, -0.25) is 14.3 Å². The number of halogens is 3. The number of nitrogens with one attached hydrogen (secondary N) is 1. The van der Waals surface area contributed by atoms with Crippen LogP contribution in [0.5, 0.6) is 0 Å². The largest absolute Gasteiger partial charge is 0.324 e. The topological polar surface area (TPSA) is 50.2 Å². The summed E-state index contributed by atoms with van der Waals surface area (Å²) in [5, 5.41) is 3.98. The van der Waals surface area contributed by atoms with Gasteiger partial charge in [0.15, 0.2) is 0 Å². The number of amides is 1. The summed E-state index contributed by atoms with van der Waals surface area (Å²) in [5.74, 6) is 0.924. The van der Waals surface area contributed by atoms with Gasteiger partial charge in [-0.05, 0) is 74.5 Å². The van der Waals surface area contributed by atoms with Crippen LogP contribution in [0.15, 0.2) is 71.2 Å². The molecular formula is C26H23BrCl2N4O. The molecular weight excluding hydrogens is 535 g/mol. The van der Waals surface area contributed by atoms with Crippen molar-refractivity contribution in [1.29, 1.82) is 0 Å². The van der Waals surface area contributed by atoms with E-state index >= 15 is 0 Å². The molecule has 0 bridgehead atoms. The van der Waals surface area contributed by atoms with Gasteiger partial charge in [-0.15, -0.1) is 0 Å². The number of carbonyl (C=O) groups excluding carboxylic acids is 1. The fraction of sp³-hybridized carbons (Fsp3) is 0.231. The van der Waals surface area contributed by atoms with Crippen molar-refractivity contribution in [2.75, 3.05) is 18.4 Å². The van der Waals surface area contributed by atoms with Crippen LogP contribution in [-0.2, 0) is 11.3 Å². The van der Waals surface area contributed by atoms with Gasteiger partial charge in [-0.1, -0.05) is 57.3 Å². The molecule has 5 rings (SSSR count). The second-order valence-electron chi connectivity index (χ2n) is 8.50. The summed E-state index contributed by atoms with van der Waals surface area (Å²) in [7, 11) is 0. The van der Waals surface area contributed by atoms with Crippen LogP contribution in [0.25, 0.3) is 16.7 Å². The number of para-hydroxylation sites is 2. The number of benzene rings is 3. The lowest BCUT2D eigenvalue weighted by Crippen LogP contribution is -2.38. The van der Waals surface area contributed by atoms with Crippen molar-refractivity contribution in [3.63, 3.8) is 0 Å². The quantitative estimate of drug-likeness (QED) is 0.289. The second-order valence-corrected chi connectivity index (χ2v) is 10.3. The number of imidazole rings is 1. The van der Waals surface area contributed by atoms with Gasteiger partial charge in [-0.25, -0.2) is 4.98 Å². The monoisotopic (exact) mass is 556 g/mol. The Bertz CT molecular complexity index is 1350. The Morgan fingerprint density at radius 3 is 2.62 bits per heavy atom. The summed E-state index contributed by atoms with van der Waals surface area (Å²) >= 11 is 15.8. The molecule has 0 spiro atoms. The van der Waals surface area contributed by atoms with Crippen molar-refractivity contribution in [3.05, 3.63) is 87.1 Å². The molecule has 0 radical (unpaired) electrons. The van der Waals surface area contributed by atoms with Crippen LogP contribution >= 0.6 is 39.1 Å². The van der Waals surface area contributed by atoms with Crippen LogP contribution in [0.3, 0.4) is 0 Å². The van der Waals surface area contributed by atoms with Crippen molar-refractivity contribution >= 4 is 61.8 Å². The van der Waals surface area contributed by atoms with Crippen LogP contribution in [0.1, 0.15) is 18.7 Å². The van der Waals surface area contributed by atoms with Gasteiger partial charge in [-0.2, -0.15) is 0 Å². The SMILES string of the molecule is O=C(Nc1cc(Cl)ccc1Cl)C1CCN(Cc2nc3ccccc3n2-c2cccc(Br)c2)CC1. The minimum Gasteiger partial charge on any atom is -0.324 e. The lowest BCUT2D eigenvalue weighted by atomic mass is 9.96. The average molecular weight is 558 g/mol. The van der Waals surface area contributed by atoms with Gasteiger partial charge < -0.3 is 5.32 Å². The van der Waals surface area contributed by atoms with E-state index in [-0.39, 0.29) is 11.8 Å². The maximum absolute atomic E-state index is 12.8. The maximum atomic E-state index is 12.8. The predicted molar refractivity (Wildman–Crippen MR) is 142 cm³/mol. The zero-order chi connectivity index (χ0) is 23.7. The number of rotatable bonds is 5. The van der Waals surface area contributed by atoms with Crippen molar-refractivity contribution in [2.24, 2.45) is 5.92 Å². The first kappa shape index (κ1) is 23.4. The van der Waals surface area contributed by atoms with E-state index < -0.39 is 0 Å². The average Bonchev–Trinajstić information content (AvgIpc) is 3.19. The van der Waals surface area contributed by atoms with E-state index in [1.54, 1.807) is 18.2 Å². The molecule has 1 aliphatic heterocycles. The van der Waals surface area contributed by atoms with Gasteiger partial charge in [0.25, 0.3) is 0 Å². The highest BCUT2D eigenvalue weighted by Crippen LogP contribution is 2.29. The summed E-state index contributed by atoms with van der Waals surface area (Å²) in [6, 6.07) is 21.6. The number of likely N-dealkylation sites (tertiary alicyclic amines) is 1. The van der Waals surface area contributed by atoms with Gasteiger partial charge in [0.2, 0.25) is 5.91 Å². The number of anilines is 1. The van der Waals surface area contributed by atoms with Crippen LogP contribution in [0.4, 0.5) is 5.69 Å². The number of piperidine rings is 1. The number of hydrogen-bond acceptors (Lipinski definition) is 3. The third kappa shape index (κ3) is 5.01. The van der Waals surface area contributed by atoms with Crippen molar-refractivity contribution in [1.82, 2.24) is 14.5 Å². The fourth-order valence-electron chi connectivity index (χ4n) is 4.47. The smallest absolute Gasteiger partial charge is 0.227 e. The van der Waals surface area contributed by atoms with Gasteiger partial charge in [0.1, 0.15) is 5.82 Å². The number of hydrogen-bond donors (Lipinski definition) is 1. The Labute approximate surface area is 216 Å². The number of aromatic nitrogens is 2. The zero-order valence-electron chi connectivity index (χ0n) is 18.3. The van der Waals surface area contributed by atoms with Gasteiger partial charge in [0.05, 0.1) is 28.3 Å². The molecule has 0 saturated carbocycles. The first-order valence-corrected chi connectivity index (χ1v) is 12.7. The summed E-state index contributed by atoms with van der Waals surface area (Å²) in [6.07, 6.45) is 1.56. The first-order valence-electron chi connectivity index (χ1n) is 11.2. The number of carbonyl (C=O) groups is 1. The maximum Gasteiger partial charge on any atom is 0.227 e. The molecule has 5 nitrogen and oxygen atoms in total. The van der Waals surface area contributed by atoms with Crippen molar-refractivity contribution < 1.29 is 4.79 Å². The molecule has 3 aromatic carbocycles. The fourth-order valence-corrected chi connectivity index (χ4v) is 5.19. The van der Waals surface area contributed by atoms with E-state index in [2.05, 4.69) is 48.9 Å². The molecule has 8 heteroatoms. The van der Waals surface area contributed by atoms with Crippen LogP contribution in [-0.4, -0.2) is 33.4 Å². The second kappa shape index (κ2) is 10.1. The lowest BCUT2D eigenvalue weighted by molar-refractivity contribution is -0.121. The van der Waals surface area contributed by atoms with E-state index in [4.69, 9.17) is 28.2 Å².